The molecule has 1 heterocycles. The molecule has 1 fully saturated rings. The molecule has 0 saturated carbocycles. The van der Waals surface area contributed by atoms with Gasteiger partial charge in [-0.2, -0.15) is 0 Å². The van der Waals surface area contributed by atoms with Crippen molar-refractivity contribution < 1.29 is 29.0 Å². The summed E-state index contributed by atoms with van der Waals surface area (Å²) >= 11 is 0.819. The van der Waals surface area contributed by atoms with E-state index in [2.05, 4.69) is 5.32 Å². The second-order valence-corrected chi connectivity index (χ2v) is 7.29. The van der Waals surface area contributed by atoms with Gasteiger partial charge in [0.05, 0.1) is 19.1 Å². The average Bonchev–Trinajstić information content (AvgIpc) is 2.99. The molecule has 1 aliphatic rings. The fraction of sp³-hybridized carbons (Fsp3) is 0.190. The summed E-state index contributed by atoms with van der Waals surface area (Å²) < 4.78 is 10.4. The summed E-state index contributed by atoms with van der Waals surface area (Å²) in [5, 5.41) is 11.6. The van der Waals surface area contributed by atoms with Crippen molar-refractivity contribution in [2.24, 2.45) is 0 Å². The lowest BCUT2D eigenvalue weighted by molar-refractivity contribution is -0.123. The molecule has 2 aromatic carbocycles. The lowest BCUT2D eigenvalue weighted by Gasteiger charge is -2.12. The largest absolute Gasteiger partial charge is 0.508 e. The first-order valence-corrected chi connectivity index (χ1v) is 9.79. The molecule has 1 saturated heterocycles. The summed E-state index contributed by atoms with van der Waals surface area (Å²) in [4.78, 5) is 38.3. The number of methoxy groups -OCH3 is 2. The quantitative estimate of drug-likeness (QED) is 0.651. The number of anilines is 1. The maximum Gasteiger partial charge on any atom is 0.293 e. The van der Waals surface area contributed by atoms with Gasteiger partial charge in [0, 0.05) is 24.7 Å². The Morgan fingerprint density at radius 1 is 1.13 bits per heavy atom. The highest BCUT2D eigenvalue weighted by Crippen LogP contribution is 2.34. The monoisotopic (exact) mass is 428 g/mol. The number of carbonyl (C=O) groups excluding carboxylic acids is 3. The second-order valence-electron chi connectivity index (χ2n) is 6.30. The number of rotatable bonds is 7. The summed E-state index contributed by atoms with van der Waals surface area (Å²) in [6.45, 7) is -0.0431. The number of nitrogens with one attached hydrogen (secondary N) is 1. The molecule has 0 aliphatic carbocycles. The Morgan fingerprint density at radius 2 is 1.90 bits per heavy atom. The van der Waals surface area contributed by atoms with Crippen LogP contribution in [-0.2, 0) is 9.59 Å². The number of ether oxygens (including phenoxy) is 2. The molecule has 9 heteroatoms. The standard InChI is InChI=1S/C21H20N2O6S/c1-28-16-7-6-13(10-17(16)29-2)11-18-20(26)23(21(27)30-18)9-8-19(25)22-14-4-3-5-15(24)12-14/h3-7,10-12,24H,8-9H2,1-2H3,(H,22,25)/b18-11-. The van der Waals surface area contributed by atoms with E-state index in [1.165, 1.54) is 26.4 Å². The van der Waals surface area contributed by atoms with Crippen LogP contribution in [0.5, 0.6) is 17.2 Å². The minimum atomic E-state index is -0.454. The number of thioether (sulfide) groups is 1. The van der Waals surface area contributed by atoms with Crippen molar-refractivity contribution in [2.45, 2.75) is 6.42 Å². The van der Waals surface area contributed by atoms with Crippen LogP contribution in [0.1, 0.15) is 12.0 Å². The minimum Gasteiger partial charge on any atom is -0.508 e. The molecule has 0 bridgehead atoms. The van der Waals surface area contributed by atoms with Crippen molar-refractivity contribution in [3.63, 3.8) is 0 Å². The molecule has 0 aromatic heterocycles. The molecule has 0 spiro atoms. The molecule has 0 radical (unpaired) electrons. The number of carbonyl (C=O) groups is 3. The molecule has 3 rings (SSSR count). The van der Waals surface area contributed by atoms with E-state index >= 15 is 0 Å². The predicted octanol–water partition coefficient (Wildman–Crippen LogP) is 3.47. The van der Waals surface area contributed by atoms with Gasteiger partial charge in [-0.25, -0.2) is 0 Å². The molecular weight excluding hydrogens is 408 g/mol. The fourth-order valence-electron chi connectivity index (χ4n) is 2.81. The maximum atomic E-state index is 12.6. The average molecular weight is 428 g/mol. The normalized spacial score (nSPS) is 14.9. The van der Waals surface area contributed by atoms with Crippen molar-refractivity contribution >= 4 is 40.6 Å². The third kappa shape index (κ3) is 4.93. The molecule has 0 unspecified atom stereocenters. The van der Waals surface area contributed by atoms with Gasteiger partial charge in [-0.15, -0.1) is 0 Å². The van der Waals surface area contributed by atoms with E-state index in [0.717, 1.165) is 16.7 Å². The summed E-state index contributed by atoms with van der Waals surface area (Å²) in [5.41, 5.74) is 1.11. The van der Waals surface area contributed by atoms with E-state index in [4.69, 9.17) is 9.47 Å². The van der Waals surface area contributed by atoms with Gasteiger partial charge < -0.3 is 19.9 Å². The number of imide groups is 1. The number of amides is 3. The van der Waals surface area contributed by atoms with E-state index in [-0.39, 0.29) is 29.5 Å². The van der Waals surface area contributed by atoms with Crippen molar-refractivity contribution in [1.29, 1.82) is 0 Å². The number of aromatic hydroxyl groups is 1. The zero-order chi connectivity index (χ0) is 21.7. The SMILES string of the molecule is COc1ccc(/C=C2\SC(=O)N(CCC(=O)Nc3cccc(O)c3)C2=O)cc1OC. The van der Waals surface area contributed by atoms with E-state index in [0.29, 0.717) is 22.7 Å². The van der Waals surface area contributed by atoms with Gasteiger partial charge in [-0.05, 0) is 47.7 Å². The van der Waals surface area contributed by atoms with Gasteiger partial charge in [0.25, 0.3) is 11.1 Å². The van der Waals surface area contributed by atoms with E-state index in [1.54, 1.807) is 36.4 Å². The van der Waals surface area contributed by atoms with Crippen LogP contribution in [0.4, 0.5) is 10.5 Å². The van der Waals surface area contributed by atoms with Gasteiger partial charge in [-0.3, -0.25) is 19.3 Å². The first-order chi connectivity index (χ1) is 14.4. The van der Waals surface area contributed by atoms with Gasteiger partial charge in [0.15, 0.2) is 11.5 Å². The summed E-state index contributed by atoms with van der Waals surface area (Å²) in [6, 6.07) is 11.3. The third-order valence-electron chi connectivity index (χ3n) is 4.27. The second kappa shape index (κ2) is 9.36. The third-order valence-corrected chi connectivity index (χ3v) is 5.18. The van der Waals surface area contributed by atoms with Crippen LogP contribution in [0.25, 0.3) is 6.08 Å². The van der Waals surface area contributed by atoms with Gasteiger partial charge in [-0.1, -0.05) is 12.1 Å². The highest BCUT2D eigenvalue weighted by Gasteiger charge is 2.35. The first-order valence-electron chi connectivity index (χ1n) is 8.97. The van der Waals surface area contributed by atoms with E-state index in [9.17, 15) is 19.5 Å². The number of phenolic OH excluding ortho intramolecular Hbond substituents is 1. The molecule has 1 aliphatic heterocycles. The Labute approximate surface area is 177 Å². The molecule has 2 N–H and O–H groups in total. The lowest BCUT2D eigenvalue weighted by Crippen LogP contribution is -2.31. The minimum absolute atomic E-state index is 0.0269. The number of benzene rings is 2. The Kier molecular flexibility index (Phi) is 6.63. The van der Waals surface area contributed by atoms with Crippen LogP contribution in [0.2, 0.25) is 0 Å². The number of hydrogen-bond acceptors (Lipinski definition) is 7. The number of phenols is 1. The molecule has 156 valence electrons. The lowest BCUT2D eigenvalue weighted by atomic mass is 10.2. The molecule has 0 atom stereocenters. The van der Waals surface area contributed by atoms with Gasteiger partial charge in [0.2, 0.25) is 5.91 Å². The van der Waals surface area contributed by atoms with Crippen LogP contribution in [0, 0.1) is 0 Å². The van der Waals surface area contributed by atoms with Gasteiger partial charge >= 0.3 is 0 Å². The zero-order valence-electron chi connectivity index (χ0n) is 16.4. The van der Waals surface area contributed by atoms with E-state index in [1.807, 2.05) is 0 Å². The molecule has 3 amide bonds. The smallest absolute Gasteiger partial charge is 0.293 e. The molecule has 8 nitrogen and oxygen atoms in total. The van der Waals surface area contributed by atoms with Gasteiger partial charge in [0.1, 0.15) is 5.75 Å². The van der Waals surface area contributed by atoms with E-state index < -0.39 is 11.1 Å². The summed E-state index contributed by atoms with van der Waals surface area (Å²) in [6.07, 6.45) is 1.54. The highest BCUT2D eigenvalue weighted by molar-refractivity contribution is 8.18. The fourth-order valence-corrected chi connectivity index (χ4v) is 3.67. The van der Waals surface area contributed by atoms with Crippen LogP contribution in [0.3, 0.4) is 0 Å². The van der Waals surface area contributed by atoms with Crippen LogP contribution in [0.15, 0.2) is 47.4 Å². The molecule has 30 heavy (non-hydrogen) atoms. The Bertz CT molecular complexity index is 1020. The van der Waals surface area contributed by atoms with Crippen molar-refractivity contribution in [2.75, 3.05) is 26.1 Å². The maximum absolute atomic E-state index is 12.6. The highest BCUT2D eigenvalue weighted by atomic mass is 32.2. The summed E-state index contributed by atoms with van der Waals surface area (Å²) in [5.74, 6) is 0.266. The van der Waals surface area contributed by atoms with Crippen LogP contribution >= 0.6 is 11.8 Å². The Hall–Kier alpha value is -3.46. The first kappa shape index (κ1) is 21.3. The van der Waals surface area contributed by atoms with Crippen LogP contribution < -0.4 is 14.8 Å². The topological polar surface area (TPSA) is 105 Å². The zero-order valence-corrected chi connectivity index (χ0v) is 17.2. The van der Waals surface area contributed by atoms with Crippen molar-refractivity contribution in [3.05, 3.63) is 52.9 Å². The van der Waals surface area contributed by atoms with Crippen molar-refractivity contribution in [3.8, 4) is 17.2 Å². The predicted molar refractivity (Wildman–Crippen MR) is 114 cm³/mol. The Morgan fingerprint density at radius 3 is 2.60 bits per heavy atom. The molecular formula is C21H20N2O6S. The van der Waals surface area contributed by atoms with Crippen LogP contribution in [-0.4, -0.2) is 47.8 Å². The Balaban J connectivity index is 1.64. The summed E-state index contributed by atoms with van der Waals surface area (Å²) in [7, 11) is 3.04. The number of hydrogen-bond donors (Lipinski definition) is 2. The van der Waals surface area contributed by atoms with Crippen molar-refractivity contribution in [1.82, 2.24) is 4.90 Å². The number of nitrogens with zero attached hydrogens (tertiary/aromatic N) is 1. The molecule has 2 aromatic rings.